The van der Waals surface area contributed by atoms with Gasteiger partial charge in [0.1, 0.15) is 0 Å². The van der Waals surface area contributed by atoms with E-state index in [4.69, 9.17) is 0 Å². The van der Waals surface area contributed by atoms with E-state index >= 15 is 0 Å². The van der Waals surface area contributed by atoms with E-state index in [-0.39, 0.29) is 0 Å². The largest absolute Gasteiger partial charge is 0.382 e. The zero-order chi connectivity index (χ0) is 13.7. The van der Waals surface area contributed by atoms with Crippen molar-refractivity contribution in [3.8, 4) is 0 Å². The van der Waals surface area contributed by atoms with Crippen LogP contribution >= 0.6 is 22.6 Å². The summed E-state index contributed by atoms with van der Waals surface area (Å²) < 4.78 is 1.30. The van der Waals surface area contributed by atoms with Gasteiger partial charge in [0.15, 0.2) is 0 Å². The van der Waals surface area contributed by atoms with Crippen LogP contribution in [0.1, 0.15) is 33.1 Å². The Balaban J connectivity index is 1.82. The Morgan fingerprint density at radius 1 is 1.37 bits per heavy atom. The quantitative estimate of drug-likeness (QED) is 0.779. The molecule has 0 saturated carbocycles. The summed E-state index contributed by atoms with van der Waals surface area (Å²) in [4.78, 5) is 2.61. The highest BCUT2D eigenvalue weighted by Crippen LogP contribution is 2.24. The lowest BCUT2D eigenvalue weighted by atomic mass is 9.90. The van der Waals surface area contributed by atoms with E-state index in [0.717, 1.165) is 5.92 Å². The average molecular weight is 372 g/mol. The van der Waals surface area contributed by atoms with Crippen LogP contribution in [-0.4, -0.2) is 30.6 Å². The number of piperidine rings is 1. The van der Waals surface area contributed by atoms with Crippen LogP contribution in [0.25, 0.3) is 0 Å². The minimum absolute atomic E-state index is 0.571. The molecule has 1 aromatic carbocycles. The van der Waals surface area contributed by atoms with E-state index < -0.39 is 0 Å². The van der Waals surface area contributed by atoms with Gasteiger partial charge in [0.25, 0.3) is 0 Å². The van der Waals surface area contributed by atoms with Crippen LogP contribution in [0.2, 0.25) is 0 Å². The normalized spacial score (nSPS) is 19.3. The number of rotatable bonds is 5. The van der Waals surface area contributed by atoms with Crippen LogP contribution in [0, 0.1) is 9.49 Å². The van der Waals surface area contributed by atoms with Gasteiger partial charge in [-0.25, -0.2) is 0 Å². The van der Waals surface area contributed by atoms with Gasteiger partial charge in [-0.3, -0.25) is 0 Å². The van der Waals surface area contributed by atoms with Crippen LogP contribution in [0.3, 0.4) is 0 Å². The van der Waals surface area contributed by atoms with Crippen LogP contribution in [-0.2, 0) is 0 Å². The first-order valence-electron chi connectivity index (χ1n) is 7.43. The van der Waals surface area contributed by atoms with Gasteiger partial charge in [-0.1, -0.05) is 13.0 Å². The van der Waals surface area contributed by atoms with Crippen molar-refractivity contribution in [1.29, 1.82) is 0 Å². The number of nitrogens with zero attached hydrogens (tertiary/aromatic N) is 1. The molecule has 1 heterocycles. The Hall–Kier alpha value is -0.290. The number of hydrogen-bond donors (Lipinski definition) is 1. The first-order valence-corrected chi connectivity index (χ1v) is 8.51. The molecule has 3 heteroatoms. The van der Waals surface area contributed by atoms with Crippen LogP contribution in [0.15, 0.2) is 24.3 Å². The standard InChI is InChI=1S/C16H25IN2/c1-3-9-19-10-7-14(8-11-19)13(2)18-16-6-4-5-15(17)12-16/h4-6,12-14,18H,3,7-11H2,1-2H3. The summed E-state index contributed by atoms with van der Waals surface area (Å²) in [6.45, 7) is 8.42. The zero-order valence-corrected chi connectivity index (χ0v) is 14.2. The summed E-state index contributed by atoms with van der Waals surface area (Å²) in [6, 6.07) is 9.23. The fraction of sp³-hybridized carbons (Fsp3) is 0.625. The second kappa shape index (κ2) is 7.48. The lowest BCUT2D eigenvalue weighted by Gasteiger charge is -2.35. The molecule has 0 aliphatic carbocycles. The van der Waals surface area contributed by atoms with E-state index in [0.29, 0.717) is 6.04 Å². The fourth-order valence-electron chi connectivity index (χ4n) is 2.95. The van der Waals surface area contributed by atoms with Crippen molar-refractivity contribution >= 4 is 28.3 Å². The van der Waals surface area contributed by atoms with Gasteiger partial charge in [-0.15, -0.1) is 0 Å². The Labute approximate surface area is 131 Å². The molecule has 1 aliphatic rings. The second-order valence-corrected chi connectivity index (χ2v) is 6.87. The first kappa shape index (κ1) is 15.1. The van der Waals surface area contributed by atoms with Gasteiger partial charge in [0.2, 0.25) is 0 Å². The number of likely N-dealkylation sites (tertiary alicyclic amines) is 1. The molecule has 1 aromatic rings. The lowest BCUT2D eigenvalue weighted by Crippen LogP contribution is -2.39. The van der Waals surface area contributed by atoms with Crippen LogP contribution < -0.4 is 5.32 Å². The summed E-state index contributed by atoms with van der Waals surface area (Å²) in [7, 11) is 0. The smallest absolute Gasteiger partial charge is 0.0352 e. The molecular formula is C16H25IN2. The summed E-state index contributed by atoms with van der Waals surface area (Å²) in [5, 5.41) is 3.68. The molecule has 2 nitrogen and oxygen atoms in total. The first-order chi connectivity index (χ1) is 9.19. The van der Waals surface area contributed by atoms with Crippen molar-refractivity contribution in [1.82, 2.24) is 4.90 Å². The maximum atomic E-state index is 3.68. The molecule has 1 saturated heterocycles. The minimum atomic E-state index is 0.571. The van der Waals surface area contributed by atoms with E-state index in [1.165, 1.54) is 48.2 Å². The van der Waals surface area contributed by atoms with E-state index in [9.17, 15) is 0 Å². The summed E-state index contributed by atoms with van der Waals surface area (Å²) in [6.07, 6.45) is 3.94. The Morgan fingerprint density at radius 3 is 2.74 bits per heavy atom. The molecule has 0 aromatic heterocycles. The minimum Gasteiger partial charge on any atom is -0.382 e. The Kier molecular flexibility index (Phi) is 5.95. The Morgan fingerprint density at radius 2 is 2.11 bits per heavy atom. The van der Waals surface area contributed by atoms with Gasteiger partial charge in [-0.05, 0) is 92.5 Å². The zero-order valence-electron chi connectivity index (χ0n) is 12.0. The summed E-state index contributed by atoms with van der Waals surface area (Å²) in [5.74, 6) is 0.811. The van der Waals surface area contributed by atoms with E-state index in [1.54, 1.807) is 0 Å². The Bertz CT molecular complexity index is 386. The average Bonchev–Trinajstić information content (AvgIpc) is 2.40. The third-order valence-corrected chi connectivity index (χ3v) is 4.77. The van der Waals surface area contributed by atoms with Gasteiger partial charge < -0.3 is 10.2 Å². The SMILES string of the molecule is CCCN1CCC(C(C)Nc2cccc(I)c2)CC1. The second-order valence-electron chi connectivity index (χ2n) is 5.62. The van der Waals surface area contributed by atoms with Crippen molar-refractivity contribution < 1.29 is 0 Å². The van der Waals surface area contributed by atoms with Gasteiger partial charge in [0, 0.05) is 15.3 Å². The maximum absolute atomic E-state index is 3.68. The van der Waals surface area contributed by atoms with Crippen molar-refractivity contribution in [2.24, 2.45) is 5.92 Å². The number of halogens is 1. The predicted molar refractivity (Wildman–Crippen MR) is 91.7 cm³/mol. The molecule has 0 amide bonds. The fourth-order valence-corrected chi connectivity index (χ4v) is 3.49. The molecule has 1 N–H and O–H groups in total. The highest BCUT2D eigenvalue weighted by molar-refractivity contribution is 14.1. The van der Waals surface area contributed by atoms with Crippen LogP contribution in [0.4, 0.5) is 5.69 Å². The van der Waals surface area contributed by atoms with Crippen molar-refractivity contribution in [2.75, 3.05) is 25.0 Å². The molecule has 0 bridgehead atoms. The molecular weight excluding hydrogens is 347 g/mol. The van der Waals surface area contributed by atoms with Crippen molar-refractivity contribution in [2.45, 2.75) is 39.2 Å². The van der Waals surface area contributed by atoms with Gasteiger partial charge in [0.05, 0.1) is 0 Å². The van der Waals surface area contributed by atoms with E-state index in [1.807, 2.05) is 0 Å². The molecule has 0 spiro atoms. The van der Waals surface area contributed by atoms with Crippen molar-refractivity contribution in [3.63, 3.8) is 0 Å². The molecule has 19 heavy (non-hydrogen) atoms. The molecule has 1 aliphatic heterocycles. The molecule has 1 atom stereocenters. The topological polar surface area (TPSA) is 15.3 Å². The number of hydrogen-bond acceptors (Lipinski definition) is 2. The molecule has 1 unspecified atom stereocenters. The van der Waals surface area contributed by atoms with Crippen LogP contribution in [0.5, 0.6) is 0 Å². The molecule has 0 radical (unpaired) electrons. The van der Waals surface area contributed by atoms with E-state index in [2.05, 4.69) is 70.9 Å². The van der Waals surface area contributed by atoms with Gasteiger partial charge in [-0.2, -0.15) is 0 Å². The maximum Gasteiger partial charge on any atom is 0.0352 e. The third-order valence-electron chi connectivity index (χ3n) is 4.10. The molecule has 1 fully saturated rings. The highest BCUT2D eigenvalue weighted by Gasteiger charge is 2.23. The number of nitrogens with one attached hydrogen (secondary N) is 1. The van der Waals surface area contributed by atoms with Gasteiger partial charge >= 0.3 is 0 Å². The summed E-state index contributed by atoms with van der Waals surface area (Å²) >= 11 is 2.37. The lowest BCUT2D eigenvalue weighted by molar-refractivity contribution is 0.176. The number of anilines is 1. The third kappa shape index (κ3) is 4.63. The van der Waals surface area contributed by atoms with Crippen molar-refractivity contribution in [3.05, 3.63) is 27.8 Å². The molecule has 2 rings (SSSR count). The monoisotopic (exact) mass is 372 g/mol. The predicted octanol–water partition coefficient (Wildman–Crippen LogP) is 4.21. The highest BCUT2D eigenvalue weighted by atomic mass is 127. The summed E-state index contributed by atoms with van der Waals surface area (Å²) in [5.41, 5.74) is 1.26. The number of benzene rings is 1. The molecule has 106 valence electrons.